The first-order chi connectivity index (χ1) is 8.99. The smallest absolute Gasteiger partial charge is 0.252 e. The van der Waals surface area contributed by atoms with Gasteiger partial charge in [0, 0.05) is 11.1 Å². The molecule has 0 aliphatic carbocycles. The number of hydrogen-bond acceptors (Lipinski definition) is 2. The van der Waals surface area contributed by atoms with Crippen LogP contribution < -0.4 is 10.6 Å². The number of nitrogens with one attached hydrogen (secondary N) is 2. The molecule has 1 rings (SSSR count). The Hall–Kier alpha value is -0.480. The molecular weight excluding hydrogens is 319 g/mol. The van der Waals surface area contributed by atoms with E-state index in [-0.39, 0.29) is 11.4 Å². The van der Waals surface area contributed by atoms with E-state index in [1.165, 1.54) is 0 Å². The van der Waals surface area contributed by atoms with Crippen LogP contribution in [0.3, 0.4) is 0 Å². The highest BCUT2D eigenvalue weighted by Gasteiger charge is 2.36. The maximum atomic E-state index is 12.2. The summed E-state index contributed by atoms with van der Waals surface area (Å²) in [6, 6.07) is 7.18. The summed E-state index contributed by atoms with van der Waals surface area (Å²) in [6.07, 6.45) is -0.790. The minimum Gasteiger partial charge on any atom is -0.333 e. The zero-order valence-corrected chi connectivity index (χ0v) is 14.2. The molecule has 0 saturated heterocycles. The highest BCUT2D eigenvalue weighted by molar-refractivity contribution is 6.68. The van der Waals surface area contributed by atoms with Crippen LogP contribution >= 0.6 is 34.8 Å². The Labute approximate surface area is 135 Å². The highest BCUT2D eigenvalue weighted by Crippen LogP contribution is 2.30. The molecule has 1 atom stereocenters. The molecule has 0 saturated carbocycles. The Morgan fingerprint density at radius 3 is 2.00 bits per heavy atom. The first kappa shape index (κ1) is 17.6. The summed E-state index contributed by atoms with van der Waals surface area (Å²) < 4.78 is -1.65. The van der Waals surface area contributed by atoms with Gasteiger partial charge in [0.25, 0.3) is 5.91 Å². The van der Waals surface area contributed by atoms with Gasteiger partial charge < -0.3 is 5.32 Å². The van der Waals surface area contributed by atoms with Crippen LogP contribution in [0.5, 0.6) is 0 Å². The number of halogens is 3. The number of alkyl halides is 3. The van der Waals surface area contributed by atoms with Gasteiger partial charge in [0.15, 0.2) is 0 Å². The second-order valence-electron chi connectivity index (χ2n) is 5.71. The van der Waals surface area contributed by atoms with Crippen LogP contribution in [0, 0.1) is 6.92 Å². The lowest BCUT2D eigenvalue weighted by molar-refractivity contribution is 0.0922. The van der Waals surface area contributed by atoms with Crippen LogP contribution in [0.25, 0.3) is 0 Å². The summed E-state index contributed by atoms with van der Waals surface area (Å²) in [6.45, 7) is 7.73. The maximum Gasteiger partial charge on any atom is 0.252 e. The third-order valence-electron chi connectivity index (χ3n) is 2.49. The van der Waals surface area contributed by atoms with Crippen LogP contribution in [0.2, 0.25) is 0 Å². The molecule has 0 aliphatic heterocycles. The normalized spacial score (nSPS) is 13.9. The first-order valence-electron chi connectivity index (χ1n) is 6.21. The molecule has 6 heteroatoms. The first-order valence-corrected chi connectivity index (χ1v) is 7.34. The van der Waals surface area contributed by atoms with Crippen LogP contribution in [-0.2, 0) is 0 Å². The summed E-state index contributed by atoms with van der Waals surface area (Å²) in [5, 5.41) is 5.78. The number of benzene rings is 1. The fourth-order valence-electron chi connectivity index (χ4n) is 1.55. The molecule has 0 heterocycles. The number of amides is 1. The van der Waals surface area contributed by atoms with Crippen LogP contribution in [-0.4, -0.2) is 21.4 Å². The Morgan fingerprint density at radius 2 is 1.60 bits per heavy atom. The van der Waals surface area contributed by atoms with Gasteiger partial charge in [0.05, 0.1) is 0 Å². The number of carbonyl (C=O) groups is 1. The molecule has 0 radical (unpaired) electrons. The highest BCUT2D eigenvalue weighted by atomic mass is 35.6. The lowest BCUT2D eigenvalue weighted by Crippen LogP contribution is -2.58. The average Bonchev–Trinajstić information content (AvgIpc) is 2.25. The summed E-state index contributed by atoms with van der Waals surface area (Å²) in [4.78, 5) is 12.2. The van der Waals surface area contributed by atoms with Gasteiger partial charge in [-0.1, -0.05) is 52.5 Å². The predicted octanol–water partition coefficient (Wildman–Crippen LogP) is 3.81. The second kappa shape index (κ2) is 6.52. The molecule has 0 aromatic heterocycles. The van der Waals surface area contributed by atoms with E-state index in [0.29, 0.717) is 5.56 Å². The number of carbonyl (C=O) groups excluding carboxylic acids is 1. The Morgan fingerprint density at radius 1 is 1.10 bits per heavy atom. The van der Waals surface area contributed by atoms with Gasteiger partial charge in [-0.15, -0.1) is 0 Å². The maximum absolute atomic E-state index is 12.2. The van der Waals surface area contributed by atoms with Crippen LogP contribution in [0.1, 0.15) is 36.7 Å². The topological polar surface area (TPSA) is 41.1 Å². The molecule has 1 unspecified atom stereocenters. The molecule has 0 spiro atoms. The van der Waals surface area contributed by atoms with Gasteiger partial charge in [-0.2, -0.15) is 0 Å². The van der Waals surface area contributed by atoms with Crippen molar-refractivity contribution in [2.24, 2.45) is 0 Å². The van der Waals surface area contributed by atoms with Gasteiger partial charge in [-0.25, -0.2) is 0 Å². The lowest BCUT2D eigenvalue weighted by atomic mass is 10.1. The molecule has 1 aromatic rings. The monoisotopic (exact) mass is 336 g/mol. The minimum atomic E-state index is -1.65. The molecular formula is C14H19Cl3N2O. The summed E-state index contributed by atoms with van der Waals surface area (Å²) in [7, 11) is 0. The van der Waals surface area contributed by atoms with Gasteiger partial charge >= 0.3 is 0 Å². The van der Waals surface area contributed by atoms with Gasteiger partial charge in [0.2, 0.25) is 3.79 Å². The van der Waals surface area contributed by atoms with Gasteiger partial charge in [-0.3, -0.25) is 10.1 Å². The SMILES string of the molecule is Cc1ccc(C(=O)NC(NC(C)(C)C)C(Cl)(Cl)Cl)cc1. The molecule has 0 aliphatic rings. The second-order valence-corrected chi connectivity index (χ2v) is 8.08. The minimum absolute atomic E-state index is 0.293. The largest absolute Gasteiger partial charge is 0.333 e. The Bertz CT molecular complexity index is 461. The zero-order chi connectivity index (χ0) is 15.6. The summed E-state index contributed by atoms with van der Waals surface area (Å²) >= 11 is 17.7. The van der Waals surface area contributed by atoms with Gasteiger partial charge in [0.1, 0.15) is 6.17 Å². The average molecular weight is 338 g/mol. The Balaban J connectivity index is 2.84. The van der Waals surface area contributed by atoms with E-state index in [1.807, 2.05) is 39.8 Å². The van der Waals surface area contributed by atoms with Crippen molar-refractivity contribution in [3.8, 4) is 0 Å². The molecule has 20 heavy (non-hydrogen) atoms. The molecule has 0 bridgehead atoms. The molecule has 1 aromatic carbocycles. The van der Waals surface area contributed by atoms with Crippen molar-refractivity contribution in [1.29, 1.82) is 0 Å². The van der Waals surface area contributed by atoms with E-state index in [0.717, 1.165) is 5.56 Å². The van der Waals surface area contributed by atoms with Crippen molar-refractivity contribution in [3.05, 3.63) is 35.4 Å². The molecule has 3 nitrogen and oxygen atoms in total. The fraction of sp³-hybridized carbons (Fsp3) is 0.500. The predicted molar refractivity (Wildman–Crippen MR) is 85.6 cm³/mol. The molecule has 112 valence electrons. The number of aryl methyl sites for hydroxylation is 1. The summed E-state index contributed by atoms with van der Waals surface area (Å²) in [5.41, 5.74) is 1.28. The van der Waals surface area contributed by atoms with E-state index >= 15 is 0 Å². The van der Waals surface area contributed by atoms with E-state index in [1.54, 1.807) is 12.1 Å². The zero-order valence-electron chi connectivity index (χ0n) is 11.9. The van der Waals surface area contributed by atoms with Crippen molar-refractivity contribution < 1.29 is 4.79 Å². The number of rotatable bonds is 3. The van der Waals surface area contributed by atoms with Crippen molar-refractivity contribution in [2.45, 2.75) is 43.2 Å². The third-order valence-corrected chi connectivity index (χ3v) is 3.15. The summed E-state index contributed by atoms with van der Waals surface area (Å²) in [5.74, 6) is -0.293. The van der Waals surface area contributed by atoms with E-state index in [2.05, 4.69) is 10.6 Å². The van der Waals surface area contributed by atoms with E-state index in [9.17, 15) is 4.79 Å². The molecule has 0 fully saturated rings. The van der Waals surface area contributed by atoms with Crippen LogP contribution in [0.4, 0.5) is 0 Å². The van der Waals surface area contributed by atoms with Crippen molar-refractivity contribution in [2.75, 3.05) is 0 Å². The molecule has 1 amide bonds. The fourth-order valence-corrected chi connectivity index (χ4v) is 1.88. The Kier molecular flexibility index (Phi) is 5.73. The van der Waals surface area contributed by atoms with Crippen molar-refractivity contribution in [1.82, 2.24) is 10.6 Å². The molecule has 2 N–H and O–H groups in total. The van der Waals surface area contributed by atoms with E-state index < -0.39 is 9.96 Å². The van der Waals surface area contributed by atoms with Crippen molar-refractivity contribution in [3.63, 3.8) is 0 Å². The number of hydrogen-bond donors (Lipinski definition) is 2. The van der Waals surface area contributed by atoms with E-state index in [4.69, 9.17) is 34.8 Å². The van der Waals surface area contributed by atoms with Gasteiger partial charge in [-0.05, 0) is 39.8 Å². The standard InChI is InChI=1S/C14H19Cl3N2O/c1-9-5-7-10(8-6-9)11(20)18-12(14(15,16)17)19-13(2,3)4/h5-8,12,19H,1-4H3,(H,18,20). The third kappa shape index (κ3) is 5.88. The van der Waals surface area contributed by atoms with Crippen LogP contribution in [0.15, 0.2) is 24.3 Å². The quantitative estimate of drug-likeness (QED) is 0.650. The van der Waals surface area contributed by atoms with Crippen molar-refractivity contribution >= 4 is 40.7 Å². The lowest BCUT2D eigenvalue weighted by Gasteiger charge is -2.33.